The molecule has 1 aromatic heterocycles. The predicted molar refractivity (Wildman–Crippen MR) is 65.9 cm³/mol. The third kappa shape index (κ3) is 3.11. The highest BCUT2D eigenvalue weighted by molar-refractivity contribution is 6.17. The van der Waals surface area contributed by atoms with Gasteiger partial charge in [0, 0.05) is 12.4 Å². The molecule has 0 fully saturated rings. The molecule has 88 valence electrons. The van der Waals surface area contributed by atoms with Crippen molar-refractivity contribution in [3.8, 4) is 0 Å². The van der Waals surface area contributed by atoms with Crippen LogP contribution >= 0.6 is 11.6 Å². The van der Waals surface area contributed by atoms with Gasteiger partial charge in [0.2, 0.25) is 0 Å². The highest BCUT2D eigenvalue weighted by Crippen LogP contribution is 2.08. The molecule has 0 saturated carbocycles. The highest BCUT2D eigenvalue weighted by Gasteiger charge is 2.07. The van der Waals surface area contributed by atoms with Gasteiger partial charge in [-0.2, -0.15) is 0 Å². The molecule has 17 heavy (non-hydrogen) atoms. The summed E-state index contributed by atoms with van der Waals surface area (Å²) in [5, 5.41) is 2.78. The van der Waals surface area contributed by atoms with E-state index in [0.717, 1.165) is 11.1 Å². The lowest BCUT2D eigenvalue weighted by atomic mass is 10.1. The third-order valence-electron chi connectivity index (χ3n) is 2.34. The Bertz CT molecular complexity index is 494. The van der Waals surface area contributed by atoms with E-state index >= 15 is 0 Å². The van der Waals surface area contributed by atoms with Crippen LogP contribution in [0.3, 0.4) is 0 Å². The van der Waals surface area contributed by atoms with Crippen molar-refractivity contribution in [2.24, 2.45) is 0 Å². The average molecular weight is 250 g/mol. The largest absolute Gasteiger partial charge is 0.459 e. The Morgan fingerprint density at radius 3 is 2.76 bits per heavy atom. The number of nitrogens with one attached hydrogen (secondary N) is 1. The van der Waals surface area contributed by atoms with Crippen molar-refractivity contribution in [1.29, 1.82) is 0 Å². The molecule has 2 rings (SSSR count). The van der Waals surface area contributed by atoms with Gasteiger partial charge in [0.15, 0.2) is 5.76 Å². The van der Waals surface area contributed by atoms with Crippen LogP contribution in [-0.4, -0.2) is 5.91 Å². The summed E-state index contributed by atoms with van der Waals surface area (Å²) in [6.07, 6.45) is 1.48. The van der Waals surface area contributed by atoms with Gasteiger partial charge in [-0.15, -0.1) is 11.6 Å². The van der Waals surface area contributed by atoms with Gasteiger partial charge >= 0.3 is 0 Å². The van der Waals surface area contributed by atoms with Gasteiger partial charge in [-0.05, 0) is 23.3 Å². The Balaban J connectivity index is 1.95. The number of carbonyl (C=O) groups is 1. The lowest BCUT2D eigenvalue weighted by Crippen LogP contribution is -2.22. The van der Waals surface area contributed by atoms with E-state index in [1.807, 2.05) is 24.3 Å². The predicted octanol–water partition coefficient (Wildman–Crippen LogP) is 2.95. The zero-order valence-electron chi connectivity index (χ0n) is 9.15. The third-order valence-corrected chi connectivity index (χ3v) is 2.65. The Morgan fingerprint density at radius 2 is 2.06 bits per heavy atom. The minimum absolute atomic E-state index is 0.216. The van der Waals surface area contributed by atoms with E-state index in [1.165, 1.54) is 6.26 Å². The zero-order chi connectivity index (χ0) is 12.1. The van der Waals surface area contributed by atoms with Gasteiger partial charge in [0.05, 0.1) is 6.26 Å². The molecule has 3 nitrogen and oxygen atoms in total. The lowest BCUT2D eigenvalue weighted by molar-refractivity contribution is 0.0923. The standard InChI is InChI=1S/C13H12ClNO2/c14-8-10-3-1-4-11(7-10)9-15-13(16)12-5-2-6-17-12/h1-7H,8-9H2,(H,15,16). The molecule has 1 amide bonds. The minimum atomic E-state index is -0.216. The second-order valence-corrected chi connectivity index (χ2v) is 3.88. The Morgan fingerprint density at radius 1 is 1.24 bits per heavy atom. The molecule has 0 bridgehead atoms. The van der Waals surface area contributed by atoms with Crippen LogP contribution in [0.5, 0.6) is 0 Å². The number of carbonyl (C=O) groups excluding carboxylic acids is 1. The van der Waals surface area contributed by atoms with Gasteiger partial charge < -0.3 is 9.73 Å². The second-order valence-electron chi connectivity index (χ2n) is 3.61. The first-order valence-corrected chi connectivity index (χ1v) is 5.78. The number of rotatable bonds is 4. The fourth-order valence-corrected chi connectivity index (χ4v) is 1.67. The van der Waals surface area contributed by atoms with Crippen molar-refractivity contribution in [1.82, 2.24) is 5.32 Å². The van der Waals surface area contributed by atoms with E-state index in [2.05, 4.69) is 5.32 Å². The number of benzene rings is 1. The average Bonchev–Trinajstić information content (AvgIpc) is 2.90. The van der Waals surface area contributed by atoms with E-state index in [4.69, 9.17) is 16.0 Å². The molecule has 0 atom stereocenters. The molecule has 0 aliphatic rings. The van der Waals surface area contributed by atoms with Crippen LogP contribution in [0.1, 0.15) is 21.7 Å². The molecular formula is C13H12ClNO2. The van der Waals surface area contributed by atoms with Crippen molar-refractivity contribution in [2.45, 2.75) is 12.4 Å². The first-order valence-electron chi connectivity index (χ1n) is 5.25. The quantitative estimate of drug-likeness (QED) is 0.847. The van der Waals surface area contributed by atoms with Crippen LogP contribution in [0.25, 0.3) is 0 Å². The Kier molecular flexibility index (Phi) is 3.83. The molecule has 0 aliphatic carbocycles. The van der Waals surface area contributed by atoms with Crippen molar-refractivity contribution in [2.75, 3.05) is 0 Å². The van der Waals surface area contributed by atoms with Crippen molar-refractivity contribution >= 4 is 17.5 Å². The maximum Gasteiger partial charge on any atom is 0.287 e. The highest BCUT2D eigenvalue weighted by atomic mass is 35.5. The summed E-state index contributed by atoms with van der Waals surface area (Å²) < 4.78 is 5.00. The summed E-state index contributed by atoms with van der Waals surface area (Å²) in [5.41, 5.74) is 2.06. The molecule has 1 heterocycles. The first kappa shape index (κ1) is 11.7. The maximum absolute atomic E-state index is 11.6. The summed E-state index contributed by atoms with van der Waals surface area (Å²) in [4.78, 5) is 11.6. The smallest absolute Gasteiger partial charge is 0.287 e. The zero-order valence-corrected chi connectivity index (χ0v) is 9.91. The summed E-state index contributed by atoms with van der Waals surface area (Å²) in [6, 6.07) is 11.1. The molecular weight excluding hydrogens is 238 g/mol. The molecule has 0 saturated heterocycles. The minimum Gasteiger partial charge on any atom is -0.459 e. The van der Waals surface area contributed by atoms with Crippen molar-refractivity contribution in [3.63, 3.8) is 0 Å². The van der Waals surface area contributed by atoms with Crippen LogP contribution in [0.2, 0.25) is 0 Å². The van der Waals surface area contributed by atoms with Crippen molar-refractivity contribution < 1.29 is 9.21 Å². The summed E-state index contributed by atoms with van der Waals surface area (Å²) in [7, 11) is 0. The number of alkyl halides is 1. The molecule has 1 aromatic carbocycles. The van der Waals surface area contributed by atoms with Gasteiger partial charge in [0.25, 0.3) is 5.91 Å². The van der Waals surface area contributed by atoms with Crippen LogP contribution in [0.4, 0.5) is 0 Å². The number of halogens is 1. The topological polar surface area (TPSA) is 42.2 Å². The fraction of sp³-hybridized carbons (Fsp3) is 0.154. The van der Waals surface area contributed by atoms with Gasteiger partial charge in [-0.25, -0.2) is 0 Å². The van der Waals surface area contributed by atoms with Gasteiger partial charge in [-0.1, -0.05) is 24.3 Å². The van der Waals surface area contributed by atoms with Gasteiger partial charge in [-0.3, -0.25) is 4.79 Å². The van der Waals surface area contributed by atoms with Crippen LogP contribution < -0.4 is 5.32 Å². The van der Waals surface area contributed by atoms with E-state index in [1.54, 1.807) is 12.1 Å². The normalized spacial score (nSPS) is 10.2. The summed E-state index contributed by atoms with van der Waals surface area (Å²) in [6.45, 7) is 0.463. The van der Waals surface area contributed by atoms with E-state index < -0.39 is 0 Å². The molecule has 0 aliphatic heterocycles. The summed E-state index contributed by atoms with van der Waals surface area (Å²) >= 11 is 5.74. The number of amides is 1. The molecule has 1 N–H and O–H groups in total. The number of hydrogen-bond donors (Lipinski definition) is 1. The first-order chi connectivity index (χ1) is 8.29. The maximum atomic E-state index is 11.6. The molecule has 0 radical (unpaired) electrons. The number of furan rings is 1. The van der Waals surface area contributed by atoms with E-state index in [0.29, 0.717) is 18.2 Å². The monoisotopic (exact) mass is 249 g/mol. The molecule has 4 heteroatoms. The second kappa shape index (κ2) is 5.55. The van der Waals surface area contributed by atoms with E-state index in [-0.39, 0.29) is 5.91 Å². The van der Waals surface area contributed by atoms with Crippen LogP contribution in [0.15, 0.2) is 47.1 Å². The number of hydrogen-bond acceptors (Lipinski definition) is 2. The SMILES string of the molecule is O=C(NCc1cccc(CCl)c1)c1ccco1. The molecule has 0 unspecified atom stereocenters. The molecule has 2 aromatic rings. The fourth-order valence-electron chi connectivity index (χ4n) is 1.50. The van der Waals surface area contributed by atoms with Crippen molar-refractivity contribution in [3.05, 3.63) is 59.5 Å². The summed E-state index contributed by atoms with van der Waals surface area (Å²) in [5.74, 6) is 0.574. The Hall–Kier alpha value is -1.74. The molecule has 0 spiro atoms. The van der Waals surface area contributed by atoms with E-state index in [9.17, 15) is 4.79 Å². The Labute approximate surface area is 104 Å². The lowest BCUT2D eigenvalue weighted by Gasteiger charge is -2.04. The van der Waals surface area contributed by atoms with Gasteiger partial charge in [0.1, 0.15) is 0 Å². The van der Waals surface area contributed by atoms with Crippen LogP contribution in [0, 0.1) is 0 Å². The van der Waals surface area contributed by atoms with Crippen LogP contribution in [-0.2, 0) is 12.4 Å².